The number of hydrogen-bond acceptors (Lipinski definition) is 6. The van der Waals surface area contributed by atoms with E-state index in [2.05, 4.69) is 9.97 Å². The molecular weight excluding hydrogens is 250 g/mol. The Labute approximate surface area is 109 Å². The number of aromatic nitrogens is 2. The fourth-order valence-corrected chi connectivity index (χ4v) is 1.16. The quantitative estimate of drug-likeness (QED) is 0.602. The van der Waals surface area contributed by atoms with Crippen LogP contribution in [0.25, 0.3) is 0 Å². The van der Waals surface area contributed by atoms with Gasteiger partial charge in [0.1, 0.15) is 0 Å². The van der Waals surface area contributed by atoms with Gasteiger partial charge in [-0.25, -0.2) is 0 Å². The van der Waals surface area contributed by atoms with Crippen molar-refractivity contribution in [2.24, 2.45) is 0 Å². The minimum atomic E-state index is -0.843. The number of para-hydroxylation sites is 1. The molecule has 0 atom stereocenters. The van der Waals surface area contributed by atoms with E-state index in [1.54, 1.807) is 12.4 Å². The van der Waals surface area contributed by atoms with E-state index in [0.29, 0.717) is 0 Å². The van der Waals surface area contributed by atoms with Crippen LogP contribution in [0, 0.1) is 24.0 Å². The number of rotatable bonds is 1. The average Bonchev–Trinajstić information content (AvgIpc) is 2.33. The summed E-state index contributed by atoms with van der Waals surface area (Å²) in [6, 6.07) is 3.59. The third-order valence-corrected chi connectivity index (χ3v) is 2.09. The van der Waals surface area contributed by atoms with Gasteiger partial charge < -0.3 is 10.2 Å². The first-order valence-corrected chi connectivity index (χ1v) is 5.32. The van der Waals surface area contributed by atoms with Crippen molar-refractivity contribution >= 4 is 5.69 Å². The van der Waals surface area contributed by atoms with E-state index in [0.717, 1.165) is 23.5 Å². The van der Waals surface area contributed by atoms with Gasteiger partial charge in [-0.15, -0.1) is 0 Å². The first-order valence-electron chi connectivity index (χ1n) is 5.32. The fourth-order valence-electron chi connectivity index (χ4n) is 1.16. The Balaban J connectivity index is 0.000000200. The molecule has 7 heteroatoms. The lowest BCUT2D eigenvalue weighted by atomic mass is 10.3. The SMILES string of the molecule is Cc1cnc(C)cn1.O=[N+]([O-])c1c(O)cccc1O. The van der Waals surface area contributed by atoms with E-state index in [-0.39, 0.29) is 0 Å². The zero-order valence-electron chi connectivity index (χ0n) is 10.4. The summed E-state index contributed by atoms with van der Waals surface area (Å²) >= 11 is 0. The molecule has 1 aromatic carbocycles. The third-order valence-electron chi connectivity index (χ3n) is 2.09. The summed E-state index contributed by atoms with van der Waals surface area (Å²) in [7, 11) is 0. The molecule has 2 rings (SSSR count). The second-order valence-corrected chi connectivity index (χ2v) is 3.70. The zero-order valence-corrected chi connectivity index (χ0v) is 10.4. The van der Waals surface area contributed by atoms with E-state index in [4.69, 9.17) is 10.2 Å². The van der Waals surface area contributed by atoms with Gasteiger partial charge in [-0.2, -0.15) is 0 Å². The minimum Gasteiger partial charge on any atom is -0.502 e. The van der Waals surface area contributed by atoms with Crippen LogP contribution in [0.3, 0.4) is 0 Å². The third kappa shape index (κ3) is 4.23. The molecule has 7 nitrogen and oxygen atoms in total. The van der Waals surface area contributed by atoms with Crippen LogP contribution in [0.15, 0.2) is 30.6 Å². The number of nitro groups is 1. The summed E-state index contributed by atoms with van der Waals surface area (Å²) in [5, 5.41) is 27.8. The van der Waals surface area contributed by atoms with Gasteiger partial charge in [0.15, 0.2) is 11.5 Å². The van der Waals surface area contributed by atoms with Crippen molar-refractivity contribution in [1.82, 2.24) is 9.97 Å². The van der Waals surface area contributed by atoms with Gasteiger partial charge in [-0.1, -0.05) is 6.07 Å². The number of benzene rings is 1. The van der Waals surface area contributed by atoms with E-state index < -0.39 is 22.1 Å². The number of hydrogen-bond donors (Lipinski definition) is 2. The molecule has 0 aliphatic heterocycles. The molecule has 0 saturated carbocycles. The van der Waals surface area contributed by atoms with Gasteiger partial charge in [-0.3, -0.25) is 20.1 Å². The summed E-state index contributed by atoms with van der Waals surface area (Å²) in [5.41, 5.74) is 1.28. The molecule has 2 aromatic rings. The van der Waals surface area contributed by atoms with E-state index >= 15 is 0 Å². The highest BCUT2D eigenvalue weighted by Gasteiger charge is 2.17. The van der Waals surface area contributed by atoms with Gasteiger partial charge >= 0.3 is 5.69 Å². The number of aryl methyl sites for hydroxylation is 2. The Morgan fingerprint density at radius 3 is 1.74 bits per heavy atom. The lowest BCUT2D eigenvalue weighted by molar-refractivity contribution is -0.386. The molecule has 0 saturated heterocycles. The maximum Gasteiger partial charge on any atom is 0.351 e. The topological polar surface area (TPSA) is 109 Å². The average molecular weight is 263 g/mol. The van der Waals surface area contributed by atoms with Crippen LogP contribution >= 0.6 is 0 Å². The van der Waals surface area contributed by atoms with Crippen LogP contribution in [0.5, 0.6) is 11.5 Å². The largest absolute Gasteiger partial charge is 0.502 e. The molecule has 1 heterocycles. The van der Waals surface area contributed by atoms with Crippen molar-refractivity contribution in [2.45, 2.75) is 13.8 Å². The maximum absolute atomic E-state index is 10.1. The van der Waals surface area contributed by atoms with Crippen LogP contribution < -0.4 is 0 Å². The molecule has 0 unspecified atom stereocenters. The molecular formula is C12H13N3O4. The van der Waals surface area contributed by atoms with Crippen LogP contribution in [-0.4, -0.2) is 25.1 Å². The second-order valence-electron chi connectivity index (χ2n) is 3.70. The van der Waals surface area contributed by atoms with Crippen molar-refractivity contribution in [1.29, 1.82) is 0 Å². The van der Waals surface area contributed by atoms with Crippen molar-refractivity contribution in [3.05, 3.63) is 52.1 Å². The number of phenolic OH excluding ortho intramolecular Hbond substituents is 2. The standard InChI is InChI=1S/C6H8N2.C6H5NO4/c1-5-3-8-6(2)4-7-5;8-4-2-1-3-5(9)6(4)7(10)11/h3-4H,1-2H3;1-3,8-9H. The molecule has 19 heavy (non-hydrogen) atoms. The van der Waals surface area contributed by atoms with Gasteiger partial charge in [0.25, 0.3) is 0 Å². The van der Waals surface area contributed by atoms with Crippen molar-refractivity contribution in [3.63, 3.8) is 0 Å². The van der Waals surface area contributed by atoms with Gasteiger partial charge in [0, 0.05) is 12.4 Å². The van der Waals surface area contributed by atoms with Crippen LogP contribution in [0.2, 0.25) is 0 Å². The lowest BCUT2D eigenvalue weighted by Crippen LogP contribution is -1.88. The summed E-state index contributed by atoms with van der Waals surface area (Å²) in [4.78, 5) is 17.3. The Morgan fingerprint density at radius 2 is 1.47 bits per heavy atom. The van der Waals surface area contributed by atoms with Crippen LogP contribution in [0.1, 0.15) is 11.4 Å². The highest BCUT2D eigenvalue weighted by atomic mass is 16.6. The lowest BCUT2D eigenvalue weighted by Gasteiger charge is -1.95. The van der Waals surface area contributed by atoms with Crippen molar-refractivity contribution in [3.8, 4) is 11.5 Å². The molecule has 0 amide bonds. The van der Waals surface area contributed by atoms with Crippen molar-refractivity contribution in [2.75, 3.05) is 0 Å². The first kappa shape index (κ1) is 14.4. The zero-order chi connectivity index (χ0) is 14.4. The maximum atomic E-state index is 10.1. The summed E-state index contributed by atoms with van der Waals surface area (Å²) in [6.07, 6.45) is 3.52. The Morgan fingerprint density at radius 1 is 1.05 bits per heavy atom. The van der Waals surface area contributed by atoms with Crippen LogP contribution in [0.4, 0.5) is 5.69 Å². The summed E-state index contributed by atoms with van der Waals surface area (Å²) < 4.78 is 0. The van der Waals surface area contributed by atoms with Gasteiger partial charge in [0.05, 0.1) is 16.3 Å². The molecule has 100 valence electrons. The normalized spacial score (nSPS) is 9.37. The molecule has 0 spiro atoms. The molecule has 2 N–H and O–H groups in total. The molecule has 0 aliphatic carbocycles. The fraction of sp³-hybridized carbons (Fsp3) is 0.167. The van der Waals surface area contributed by atoms with Crippen LogP contribution in [-0.2, 0) is 0 Å². The number of nitro benzene ring substituents is 1. The molecule has 1 aromatic heterocycles. The van der Waals surface area contributed by atoms with E-state index in [1.807, 2.05) is 13.8 Å². The van der Waals surface area contributed by atoms with Gasteiger partial charge in [0.2, 0.25) is 0 Å². The second kappa shape index (κ2) is 6.29. The Hall–Kier alpha value is -2.70. The number of phenols is 2. The highest BCUT2D eigenvalue weighted by Crippen LogP contribution is 2.33. The van der Waals surface area contributed by atoms with E-state index in [9.17, 15) is 10.1 Å². The molecule has 0 aliphatic rings. The predicted molar refractivity (Wildman–Crippen MR) is 67.9 cm³/mol. The number of aromatic hydroxyl groups is 2. The number of nitrogens with zero attached hydrogens (tertiary/aromatic N) is 3. The van der Waals surface area contributed by atoms with Gasteiger partial charge in [-0.05, 0) is 26.0 Å². The minimum absolute atomic E-state index is 0.532. The molecule has 0 radical (unpaired) electrons. The highest BCUT2D eigenvalue weighted by molar-refractivity contribution is 5.55. The molecule has 0 bridgehead atoms. The summed E-state index contributed by atoms with van der Waals surface area (Å²) in [5.74, 6) is -1.06. The molecule has 0 fully saturated rings. The summed E-state index contributed by atoms with van der Waals surface area (Å²) in [6.45, 7) is 3.85. The Bertz CT molecular complexity index is 528. The van der Waals surface area contributed by atoms with E-state index in [1.165, 1.54) is 6.07 Å². The first-order chi connectivity index (χ1) is 8.91. The predicted octanol–water partition coefficient (Wildman–Crippen LogP) is 2.10. The Kier molecular flexibility index (Phi) is 4.76. The monoisotopic (exact) mass is 263 g/mol. The van der Waals surface area contributed by atoms with Crippen molar-refractivity contribution < 1.29 is 15.1 Å². The smallest absolute Gasteiger partial charge is 0.351 e.